The highest BCUT2D eigenvalue weighted by molar-refractivity contribution is 7.88. The molecule has 0 aliphatic carbocycles. The second-order valence-corrected chi connectivity index (χ2v) is 9.21. The average Bonchev–Trinajstić information content (AvgIpc) is 2.64. The molecule has 0 aromatic heterocycles. The van der Waals surface area contributed by atoms with E-state index in [1.165, 1.54) is 0 Å². The van der Waals surface area contributed by atoms with Gasteiger partial charge in [-0.2, -0.15) is 4.79 Å². The third kappa shape index (κ3) is 2.65. The summed E-state index contributed by atoms with van der Waals surface area (Å²) in [6.45, 7) is 7.47. The Bertz CT molecular complexity index is 689. The van der Waals surface area contributed by atoms with Crippen LogP contribution in [0.2, 0.25) is 0 Å². The van der Waals surface area contributed by atoms with E-state index in [-0.39, 0.29) is 5.71 Å². The van der Waals surface area contributed by atoms with E-state index in [2.05, 4.69) is 4.79 Å². The SMILES string of the molecule is CC(C)(C)C(=O)OCOC(=O)[C@@H]1N2C(=O)C(=[N+]=[N-])[C@H]2S(=O)C1(C)C. The van der Waals surface area contributed by atoms with Crippen molar-refractivity contribution in [1.29, 1.82) is 0 Å². The summed E-state index contributed by atoms with van der Waals surface area (Å²) in [7, 11) is -1.65. The first kappa shape index (κ1) is 18.3. The lowest BCUT2D eigenvalue weighted by Crippen LogP contribution is -2.64. The topological polar surface area (TPSA) is 126 Å². The lowest BCUT2D eigenvalue weighted by molar-refractivity contribution is -0.178. The van der Waals surface area contributed by atoms with Crippen molar-refractivity contribution in [3.05, 3.63) is 5.53 Å². The van der Waals surface area contributed by atoms with Crippen LogP contribution in [0.5, 0.6) is 0 Å². The van der Waals surface area contributed by atoms with E-state index in [9.17, 15) is 18.6 Å². The van der Waals surface area contributed by atoms with E-state index in [0.29, 0.717) is 0 Å². The molecule has 3 atom stereocenters. The normalized spacial score (nSPS) is 27.9. The van der Waals surface area contributed by atoms with Crippen molar-refractivity contribution in [2.45, 2.75) is 50.8 Å². The highest BCUT2D eigenvalue weighted by Gasteiger charge is 2.71. The Labute approximate surface area is 141 Å². The molecule has 9 nitrogen and oxygen atoms in total. The van der Waals surface area contributed by atoms with E-state index < -0.39 is 57.0 Å². The number of amides is 1. The Morgan fingerprint density at radius 3 is 2.42 bits per heavy atom. The zero-order valence-corrected chi connectivity index (χ0v) is 14.9. The van der Waals surface area contributed by atoms with Gasteiger partial charge in [-0.15, -0.1) is 0 Å². The molecule has 2 aliphatic rings. The minimum Gasteiger partial charge on any atom is -0.427 e. The van der Waals surface area contributed by atoms with Crippen molar-refractivity contribution in [2.75, 3.05) is 6.79 Å². The van der Waals surface area contributed by atoms with Crippen LogP contribution in [0.3, 0.4) is 0 Å². The van der Waals surface area contributed by atoms with Gasteiger partial charge in [-0.3, -0.25) is 18.7 Å². The van der Waals surface area contributed by atoms with Crippen LogP contribution < -0.4 is 0 Å². The highest BCUT2D eigenvalue weighted by atomic mass is 32.2. The molecule has 1 amide bonds. The molecule has 24 heavy (non-hydrogen) atoms. The van der Waals surface area contributed by atoms with Gasteiger partial charge >= 0.3 is 23.6 Å². The number of rotatable bonds is 3. The number of carbonyl (C=O) groups is 3. The van der Waals surface area contributed by atoms with Gasteiger partial charge in [0.2, 0.25) is 12.2 Å². The lowest BCUT2D eigenvalue weighted by atomic mass is 9.97. The fraction of sp³-hybridized carbons (Fsp3) is 0.714. The number of carbonyl (C=O) groups excluding carboxylic acids is 3. The molecule has 0 radical (unpaired) electrons. The van der Waals surface area contributed by atoms with Crippen LogP contribution >= 0.6 is 0 Å². The maximum Gasteiger partial charge on any atom is 0.391 e. The molecule has 132 valence electrons. The molecule has 0 aromatic rings. The van der Waals surface area contributed by atoms with E-state index in [1.54, 1.807) is 34.6 Å². The maximum atomic E-state index is 12.5. The summed E-state index contributed by atoms with van der Waals surface area (Å²) < 4.78 is 21.2. The molecule has 0 bridgehead atoms. The van der Waals surface area contributed by atoms with Crippen molar-refractivity contribution in [3.63, 3.8) is 0 Å². The molecule has 2 rings (SSSR count). The molecule has 0 spiro atoms. The fourth-order valence-electron chi connectivity index (χ4n) is 2.53. The first-order valence-corrected chi connectivity index (χ1v) is 8.45. The zero-order chi connectivity index (χ0) is 18.4. The molecule has 10 heteroatoms. The number of nitrogens with zero attached hydrogens (tertiary/aromatic N) is 3. The smallest absolute Gasteiger partial charge is 0.391 e. The predicted octanol–water partition coefficient (Wildman–Crippen LogP) is -0.175. The minimum absolute atomic E-state index is 0.240. The largest absolute Gasteiger partial charge is 0.427 e. The van der Waals surface area contributed by atoms with Crippen LogP contribution in [-0.4, -0.2) is 60.4 Å². The summed E-state index contributed by atoms with van der Waals surface area (Å²) >= 11 is 0. The van der Waals surface area contributed by atoms with Gasteiger partial charge in [-0.25, -0.2) is 4.79 Å². The Hall–Kier alpha value is -2.06. The second kappa shape index (κ2) is 5.78. The standard InChI is InChI=1S/C14H19N3O6S/c1-13(2,3)12(20)23-6-22-11(19)8-14(4,5)24(21)10-7(16-15)9(18)17(8)10/h8,10H,6H2,1-5H3/t8-,10+,24?/m0/s1. The van der Waals surface area contributed by atoms with Gasteiger partial charge in [0, 0.05) is 0 Å². The van der Waals surface area contributed by atoms with Crippen LogP contribution in [0.4, 0.5) is 0 Å². The minimum atomic E-state index is -1.65. The van der Waals surface area contributed by atoms with Crippen LogP contribution in [0.25, 0.3) is 5.53 Å². The van der Waals surface area contributed by atoms with Crippen molar-refractivity contribution in [3.8, 4) is 0 Å². The van der Waals surface area contributed by atoms with E-state index in [1.807, 2.05) is 0 Å². The zero-order valence-electron chi connectivity index (χ0n) is 14.1. The van der Waals surface area contributed by atoms with Gasteiger partial charge in [0.05, 0.1) is 21.0 Å². The highest BCUT2D eigenvalue weighted by Crippen LogP contribution is 2.41. The van der Waals surface area contributed by atoms with E-state index >= 15 is 0 Å². The van der Waals surface area contributed by atoms with Crippen LogP contribution in [-0.2, 0) is 34.7 Å². The predicted molar refractivity (Wildman–Crippen MR) is 81.8 cm³/mol. The summed E-state index contributed by atoms with van der Waals surface area (Å²) in [6.07, 6.45) is 0. The van der Waals surface area contributed by atoms with Gasteiger partial charge in [0.25, 0.3) is 0 Å². The van der Waals surface area contributed by atoms with Gasteiger partial charge in [-0.1, -0.05) is 0 Å². The van der Waals surface area contributed by atoms with Crippen LogP contribution in [0, 0.1) is 5.41 Å². The summed E-state index contributed by atoms with van der Waals surface area (Å²) in [5, 5.41) is -0.938. The Kier molecular flexibility index (Phi) is 4.41. The molecule has 1 unspecified atom stereocenters. The van der Waals surface area contributed by atoms with Crippen molar-refractivity contribution in [2.24, 2.45) is 5.41 Å². The Morgan fingerprint density at radius 2 is 1.92 bits per heavy atom. The quantitative estimate of drug-likeness (QED) is 0.227. The van der Waals surface area contributed by atoms with Gasteiger partial charge in [0.1, 0.15) is 6.04 Å². The van der Waals surface area contributed by atoms with Crippen LogP contribution in [0.1, 0.15) is 34.6 Å². The summed E-state index contributed by atoms with van der Waals surface area (Å²) in [5.74, 6) is -2.05. The molecular weight excluding hydrogens is 338 g/mol. The molecule has 2 fully saturated rings. The number of hydrogen-bond donors (Lipinski definition) is 0. The first-order valence-electron chi connectivity index (χ1n) is 7.23. The van der Waals surface area contributed by atoms with Crippen LogP contribution in [0.15, 0.2) is 0 Å². The second-order valence-electron chi connectivity index (χ2n) is 7.12. The monoisotopic (exact) mass is 357 g/mol. The number of hydrogen-bond acceptors (Lipinski definition) is 6. The number of β-lactam (4-membered cyclic amide) rings is 1. The Morgan fingerprint density at radius 1 is 1.33 bits per heavy atom. The summed E-state index contributed by atoms with van der Waals surface area (Å²) in [6, 6.07) is -1.12. The Balaban J connectivity index is 2.09. The molecule has 2 aliphatic heterocycles. The van der Waals surface area contributed by atoms with Gasteiger partial charge in [0.15, 0.2) is 0 Å². The molecule has 0 aromatic carbocycles. The third-order valence-corrected chi connectivity index (χ3v) is 6.05. The first-order chi connectivity index (χ1) is 10.9. The lowest BCUT2D eigenvalue weighted by Gasteiger charge is -2.32. The van der Waals surface area contributed by atoms with E-state index in [4.69, 9.17) is 15.0 Å². The molecule has 2 saturated heterocycles. The fourth-order valence-corrected chi connectivity index (χ4v) is 4.31. The molecule has 0 saturated carbocycles. The van der Waals surface area contributed by atoms with E-state index in [0.717, 1.165) is 4.90 Å². The number of ether oxygens (including phenoxy) is 2. The molecular formula is C14H19N3O6S. The molecule has 2 heterocycles. The molecule has 0 N–H and O–H groups in total. The maximum absolute atomic E-state index is 12.5. The van der Waals surface area contributed by atoms with Gasteiger partial charge in [-0.05, 0) is 34.6 Å². The number of fused-ring (bicyclic) bond motifs is 1. The van der Waals surface area contributed by atoms with Gasteiger partial charge < -0.3 is 15.0 Å². The van der Waals surface area contributed by atoms with Crippen molar-refractivity contribution >= 4 is 34.4 Å². The van der Waals surface area contributed by atoms with Crippen molar-refractivity contribution in [1.82, 2.24) is 4.90 Å². The summed E-state index contributed by atoms with van der Waals surface area (Å²) in [4.78, 5) is 39.8. The average molecular weight is 357 g/mol. The van der Waals surface area contributed by atoms with Crippen molar-refractivity contribution < 1.29 is 32.9 Å². The summed E-state index contributed by atoms with van der Waals surface area (Å²) in [5.41, 5.74) is 7.84. The third-order valence-electron chi connectivity index (χ3n) is 3.93. The number of esters is 2.